The van der Waals surface area contributed by atoms with Crippen LogP contribution in [0.1, 0.15) is 39.2 Å². The molecule has 1 amide bonds. The lowest BCUT2D eigenvalue weighted by atomic mass is 9.94. The van der Waals surface area contributed by atoms with E-state index >= 15 is 0 Å². The molecule has 1 heterocycles. The highest BCUT2D eigenvalue weighted by molar-refractivity contribution is 5.90. The molecule has 0 aliphatic carbocycles. The van der Waals surface area contributed by atoms with Crippen LogP contribution in [0, 0.1) is 11.8 Å². The number of aromatic amines is 1. The van der Waals surface area contributed by atoms with Gasteiger partial charge in [0.15, 0.2) is 0 Å². The number of aryl methyl sites for hydroxylation is 1. The lowest BCUT2D eigenvalue weighted by Gasteiger charge is -2.16. The second kappa shape index (κ2) is 7.16. The molecule has 1 atom stereocenters. The van der Waals surface area contributed by atoms with Crippen molar-refractivity contribution in [1.82, 2.24) is 10.2 Å². The Morgan fingerprint density at radius 1 is 1.56 bits per heavy atom. The molecule has 0 spiro atoms. The predicted octanol–water partition coefficient (Wildman–Crippen LogP) is 1.92. The Balaban J connectivity index is 2.50. The van der Waals surface area contributed by atoms with Gasteiger partial charge in [-0.05, 0) is 31.2 Å². The van der Waals surface area contributed by atoms with Crippen LogP contribution in [0.4, 0.5) is 5.82 Å². The van der Waals surface area contributed by atoms with Crippen LogP contribution in [0.25, 0.3) is 0 Å². The molecule has 0 saturated heterocycles. The third kappa shape index (κ3) is 4.49. The van der Waals surface area contributed by atoms with Crippen LogP contribution in [0.3, 0.4) is 0 Å². The van der Waals surface area contributed by atoms with Gasteiger partial charge in [0.25, 0.3) is 0 Å². The van der Waals surface area contributed by atoms with Gasteiger partial charge in [-0.2, -0.15) is 5.10 Å². The normalized spacial score (nSPS) is 12.7. The van der Waals surface area contributed by atoms with Gasteiger partial charge in [-0.15, -0.1) is 0 Å². The number of anilines is 1. The topological polar surface area (TPSA) is 83.8 Å². The van der Waals surface area contributed by atoms with E-state index in [-0.39, 0.29) is 11.8 Å². The van der Waals surface area contributed by atoms with Crippen LogP contribution in [-0.4, -0.2) is 22.6 Å². The molecule has 0 aliphatic heterocycles. The van der Waals surface area contributed by atoms with Crippen LogP contribution in [0.2, 0.25) is 0 Å². The Labute approximate surface area is 109 Å². The van der Waals surface area contributed by atoms with E-state index in [4.69, 9.17) is 5.73 Å². The first-order valence-electron chi connectivity index (χ1n) is 6.58. The highest BCUT2D eigenvalue weighted by atomic mass is 16.1. The molecule has 0 aromatic carbocycles. The maximum absolute atomic E-state index is 11.9. The summed E-state index contributed by atoms with van der Waals surface area (Å²) in [6.45, 7) is 6.87. The number of hydrogen-bond acceptors (Lipinski definition) is 3. The van der Waals surface area contributed by atoms with E-state index in [0.717, 1.165) is 18.4 Å². The van der Waals surface area contributed by atoms with E-state index in [1.807, 2.05) is 6.92 Å². The van der Waals surface area contributed by atoms with Gasteiger partial charge in [0, 0.05) is 12.0 Å². The monoisotopic (exact) mass is 252 g/mol. The quantitative estimate of drug-likeness (QED) is 0.693. The van der Waals surface area contributed by atoms with Gasteiger partial charge in [0.05, 0.1) is 6.20 Å². The number of amides is 1. The average molecular weight is 252 g/mol. The first kappa shape index (κ1) is 14.7. The van der Waals surface area contributed by atoms with E-state index in [1.54, 1.807) is 6.20 Å². The number of rotatable bonds is 7. The SMILES string of the molecule is CCc1cn[nH]c1NC(=O)C[C@@H](CN)CC(C)C. The van der Waals surface area contributed by atoms with Crippen molar-refractivity contribution in [3.8, 4) is 0 Å². The molecule has 1 aromatic heterocycles. The first-order chi connectivity index (χ1) is 8.56. The van der Waals surface area contributed by atoms with Gasteiger partial charge >= 0.3 is 0 Å². The van der Waals surface area contributed by atoms with E-state index in [1.165, 1.54) is 0 Å². The number of H-pyrrole nitrogens is 1. The Kier molecular flexibility index (Phi) is 5.85. The largest absolute Gasteiger partial charge is 0.330 e. The molecule has 0 fully saturated rings. The fourth-order valence-corrected chi connectivity index (χ4v) is 2.07. The standard InChI is InChI=1S/C13H24N4O/c1-4-11-8-15-17-13(11)16-12(18)6-10(7-14)5-9(2)3/h8-10H,4-7,14H2,1-3H3,(H2,15,16,17,18)/t10-/m0/s1. The summed E-state index contributed by atoms with van der Waals surface area (Å²) < 4.78 is 0. The third-order valence-electron chi connectivity index (χ3n) is 2.98. The molecular formula is C13H24N4O. The van der Waals surface area contributed by atoms with Gasteiger partial charge < -0.3 is 11.1 Å². The zero-order valence-corrected chi connectivity index (χ0v) is 11.5. The average Bonchev–Trinajstić information content (AvgIpc) is 2.74. The number of carbonyl (C=O) groups excluding carboxylic acids is 1. The smallest absolute Gasteiger partial charge is 0.225 e. The van der Waals surface area contributed by atoms with Crippen LogP contribution < -0.4 is 11.1 Å². The summed E-state index contributed by atoms with van der Waals surface area (Å²) in [6.07, 6.45) is 4.03. The lowest BCUT2D eigenvalue weighted by Crippen LogP contribution is -2.23. The fourth-order valence-electron chi connectivity index (χ4n) is 2.07. The molecule has 0 unspecified atom stereocenters. The number of hydrogen-bond donors (Lipinski definition) is 3. The summed E-state index contributed by atoms with van der Waals surface area (Å²) in [6, 6.07) is 0. The molecule has 0 bridgehead atoms. The molecule has 18 heavy (non-hydrogen) atoms. The Hall–Kier alpha value is -1.36. The molecule has 1 aromatic rings. The fraction of sp³-hybridized carbons (Fsp3) is 0.692. The van der Waals surface area contributed by atoms with Crippen molar-refractivity contribution >= 4 is 11.7 Å². The van der Waals surface area contributed by atoms with E-state index in [2.05, 4.69) is 29.4 Å². The molecule has 0 saturated carbocycles. The van der Waals surface area contributed by atoms with Gasteiger partial charge in [0.2, 0.25) is 5.91 Å². The van der Waals surface area contributed by atoms with Crippen molar-refractivity contribution < 1.29 is 4.79 Å². The number of nitrogens with one attached hydrogen (secondary N) is 2. The summed E-state index contributed by atoms with van der Waals surface area (Å²) in [7, 11) is 0. The maximum atomic E-state index is 11.9. The van der Waals surface area contributed by atoms with Crippen LogP contribution in [0.5, 0.6) is 0 Å². The van der Waals surface area contributed by atoms with Crippen molar-refractivity contribution in [2.24, 2.45) is 17.6 Å². The Morgan fingerprint density at radius 3 is 2.83 bits per heavy atom. The third-order valence-corrected chi connectivity index (χ3v) is 2.98. The van der Waals surface area contributed by atoms with Crippen molar-refractivity contribution in [3.63, 3.8) is 0 Å². The summed E-state index contributed by atoms with van der Waals surface area (Å²) in [5.74, 6) is 1.52. The summed E-state index contributed by atoms with van der Waals surface area (Å²) in [5.41, 5.74) is 6.72. The first-order valence-corrected chi connectivity index (χ1v) is 6.58. The Bertz CT molecular complexity index is 373. The molecule has 0 aliphatic rings. The van der Waals surface area contributed by atoms with Crippen molar-refractivity contribution in [2.75, 3.05) is 11.9 Å². The molecule has 5 nitrogen and oxygen atoms in total. The van der Waals surface area contributed by atoms with Gasteiger partial charge in [0.1, 0.15) is 5.82 Å². The minimum atomic E-state index is 0.00468. The van der Waals surface area contributed by atoms with Crippen molar-refractivity contribution in [3.05, 3.63) is 11.8 Å². The zero-order chi connectivity index (χ0) is 13.5. The molecule has 0 radical (unpaired) electrons. The van der Waals surface area contributed by atoms with Gasteiger partial charge in [-0.1, -0.05) is 20.8 Å². The number of nitrogens with zero attached hydrogens (tertiary/aromatic N) is 1. The van der Waals surface area contributed by atoms with E-state index in [0.29, 0.717) is 24.7 Å². The van der Waals surface area contributed by atoms with Crippen LogP contribution >= 0.6 is 0 Å². The Morgan fingerprint density at radius 2 is 2.28 bits per heavy atom. The second-order valence-corrected chi connectivity index (χ2v) is 5.11. The van der Waals surface area contributed by atoms with Crippen LogP contribution in [0.15, 0.2) is 6.20 Å². The molecule has 1 rings (SSSR count). The lowest BCUT2D eigenvalue weighted by molar-refractivity contribution is -0.117. The summed E-state index contributed by atoms with van der Waals surface area (Å²) in [5, 5.41) is 9.60. The molecule has 4 N–H and O–H groups in total. The van der Waals surface area contributed by atoms with Gasteiger partial charge in [-0.3, -0.25) is 9.89 Å². The van der Waals surface area contributed by atoms with Crippen molar-refractivity contribution in [1.29, 1.82) is 0 Å². The number of carbonyl (C=O) groups is 1. The predicted molar refractivity (Wildman–Crippen MR) is 73.2 cm³/mol. The van der Waals surface area contributed by atoms with Crippen molar-refractivity contribution in [2.45, 2.75) is 40.0 Å². The summed E-state index contributed by atoms with van der Waals surface area (Å²) in [4.78, 5) is 11.9. The molecule has 102 valence electrons. The zero-order valence-electron chi connectivity index (χ0n) is 11.5. The molecule has 5 heteroatoms. The highest BCUT2D eigenvalue weighted by Gasteiger charge is 2.15. The molecular weight excluding hydrogens is 228 g/mol. The van der Waals surface area contributed by atoms with E-state index in [9.17, 15) is 4.79 Å². The number of aromatic nitrogens is 2. The summed E-state index contributed by atoms with van der Waals surface area (Å²) >= 11 is 0. The van der Waals surface area contributed by atoms with E-state index < -0.39 is 0 Å². The minimum absolute atomic E-state index is 0.00468. The minimum Gasteiger partial charge on any atom is -0.330 e. The van der Waals surface area contributed by atoms with Gasteiger partial charge in [-0.25, -0.2) is 0 Å². The van der Waals surface area contributed by atoms with Crippen LogP contribution in [-0.2, 0) is 11.2 Å². The number of nitrogens with two attached hydrogens (primary N) is 1. The highest BCUT2D eigenvalue weighted by Crippen LogP contribution is 2.16. The second-order valence-electron chi connectivity index (χ2n) is 5.11. The maximum Gasteiger partial charge on any atom is 0.225 e.